The van der Waals surface area contributed by atoms with E-state index < -0.39 is 0 Å². The predicted octanol–water partition coefficient (Wildman–Crippen LogP) is 3.78. The Morgan fingerprint density at radius 2 is 1.93 bits per heavy atom. The molecule has 1 nitrogen and oxygen atoms in total. The van der Waals surface area contributed by atoms with Crippen LogP contribution in [0.1, 0.15) is 35.7 Å². The summed E-state index contributed by atoms with van der Waals surface area (Å²) in [6.07, 6.45) is 0.899. The minimum atomic E-state index is 0.482. The van der Waals surface area contributed by atoms with Crippen LogP contribution >= 0.6 is 0 Å². The molecule has 0 aliphatic carbocycles. The topological polar surface area (TPSA) is 17.1 Å². The highest BCUT2D eigenvalue weighted by molar-refractivity contribution is 5.91. The zero-order valence-electron chi connectivity index (χ0n) is 9.03. The van der Waals surface area contributed by atoms with Crippen LogP contribution in [0.2, 0.25) is 0 Å². The van der Waals surface area contributed by atoms with Crippen LogP contribution < -0.4 is 0 Å². The molecular weight excluding hydrogens is 184 g/mol. The number of carbonyl (C=O) groups is 1. The first-order chi connectivity index (χ1) is 7.22. The van der Waals surface area contributed by atoms with Gasteiger partial charge in [0.2, 0.25) is 0 Å². The summed E-state index contributed by atoms with van der Waals surface area (Å²) >= 11 is 0. The fourth-order valence-electron chi connectivity index (χ4n) is 1.89. The molecule has 0 heterocycles. The van der Waals surface area contributed by atoms with E-state index in [1.807, 2.05) is 18.2 Å². The highest BCUT2D eigenvalue weighted by Crippen LogP contribution is 2.25. The van der Waals surface area contributed by atoms with Crippen LogP contribution in [-0.2, 0) is 0 Å². The Labute approximate surface area is 89.7 Å². The van der Waals surface area contributed by atoms with Crippen LogP contribution in [0.4, 0.5) is 0 Å². The van der Waals surface area contributed by atoms with Crippen LogP contribution in [0.25, 0.3) is 10.8 Å². The Morgan fingerprint density at radius 3 is 2.60 bits per heavy atom. The average Bonchev–Trinajstić information content (AvgIpc) is 2.27. The van der Waals surface area contributed by atoms with E-state index in [2.05, 4.69) is 32.0 Å². The molecule has 0 aromatic heterocycles. The molecule has 1 heteroatoms. The molecule has 0 saturated carbocycles. The van der Waals surface area contributed by atoms with Gasteiger partial charge in [0.25, 0.3) is 0 Å². The molecule has 76 valence electrons. The minimum Gasteiger partial charge on any atom is -0.298 e. The number of fused-ring (bicyclic) bond motifs is 1. The van der Waals surface area contributed by atoms with Gasteiger partial charge < -0.3 is 0 Å². The quantitative estimate of drug-likeness (QED) is 0.671. The van der Waals surface area contributed by atoms with Gasteiger partial charge in [0, 0.05) is 5.56 Å². The maximum Gasteiger partial charge on any atom is 0.150 e. The zero-order chi connectivity index (χ0) is 10.8. The van der Waals surface area contributed by atoms with Gasteiger partial charge in [-0.3, -0.25) is 4.79 Å². The summed E-state index contributed by atoms with van der Waals surface area (Å²) < 4.78 is 0. The van der Waals surface area contributed by atoms with Crippen molar-refractivity contribution in [2.45, 2.75) is 19.8 Å². The second kappa shape index (κ2) is 3.85. The number of rotatable bonds is 2. The van der Waals surface area contributed by atoms with E-state index in [0.717, 1.165) is 11.8 Å². The summed E-state index contributed by atoms with van der Waals surface area (Å²) in [5.41, 5.74) is 2.05. The third-order valence-electron chi connectivity index (χ3n) is 2.70. The number of hydrogen-bond donors (Lipinski definition) is 0. The SMILES string of the molecule is CC(C)c1cccc2ccc(C=O)cc12. The second-order valence-electron chi connectivity index (χ2n) is 4.10. The molecule has 0 aliphatic rings. The Hall–Kier alpha value is -1.63. The van der Waals surface area contributed by atoms with Crippen LogP contribution in [0.15, 0.2) is 36.4 Å². The van der Waals surface area contributed by atoms with Crippen molar-refractivity contribution < 1.29 is 4.79 Å². The second-order valence-corrected chi connectivity index (χ2v) is 4.10. The standard InChI is InChI=1S/C14H14O/c1-10(2)13-5-3-4-12-7-6-11(9-15)8-14(12)13/h3-10H,1-2H3. The first-order valence-corrected chi connectivity index (χ1v) is 5.20. The first-order valence-electron chi connectivity index (χ1n) is 5.20. The molecule has 0 radical (unpaired) electrons. The lowest BCUT2D eigenvalue weighted by Gasteiger charge is -2.09. The van der Waals surface area contributed by atoms with E-state index in [0.29, 0.717) is 5.92 Å². The summed E-state index contributed by atoms with van der Waals surface area (Å²) in [4.78, 5) is 10.7. The maximum atomic E-state index is 10.7. The molecule has 0 unspecified atom stereocenters. The predicted molar refractivity (Wildman–Crippen MR) is 63.4 cm³/mol. The first kappa shape index (κ1) is 9.91. The van der Waals surface area contributed by atoms with Crippen molar-refractivity contribution in [3.05, 3.63) is 47.5 Å². The van der Waals surface area contributed by atoms with Gasteiger partial charge in [-0.05, 0) is 28.3 Å². The van der Waals surface area contributed by atoms with E-state index in [1.165, 1.54) is 16.3 Å². The van der Waals surface area contributed by atoms with Crippen LogP contribution in [0, 0.1) is 0 Å². The Bertz CT molecular complexity index is 498. The van der Waals surface area contributed by atoms with Crippen molar-refractivity contribution in [3.63, 3.8) is 0 Å². The van der Waals surface area contributed by atoms with Crippen LogP contribution in [0.3, 0.4) is 0 Å². The molecule has 2 aromatic rings. The average molecular weight is 198 g/mol. The summed E-state index contributed by atoms with van der Waals surface area (Å²) in [5, 5.41) is 2.39. The van der Waals surface area contributed by atoms with Crippen molar-refractivity contribution in [1.82, 2.24) is 0 Å². The molecule has 0 fully saturated rings. The van der Waals surface area contributed by atoms with E-state index in [-0.39, 0.29) is 0 Å². The Kier molecular flexibility index (Phi) is 2.55. The van der Waals surface area contributed by atoms with E-state index in [4.69, 9.17) is 0 Å². The number of aldehydes is 1. The van der Waals surface area contributed by atoms with Gasteiger partial charge in [0.05, 0.1) is 0 Å². The van der Waals surface area contributed by atoms with E-state index in [1.54, 1.807) is 0 Å². The molecule has 0 saturated heterocycles. The third-order valence-corrected chi connectivity index (χ3v) is 2.70. The van der Waals surface area contributed by atoms with E-state index in [9.17, 15) is 4.79 Å². The smallest absolute Gasteiger partial charge is 0.150 e. The Morgan fingerprint density at radius 1 is 1.13 bits per heavy atom. The molecule has 0 spiro atoms. The van der Waals surface area contributed by atoms with E-state index >= 15 is 0 Å². The fourth-order valence-corrected chi connectivity index (χ4v) is 1.89. The van der Waals surface area contributed by atoms with Gasteiger partial charge in [-0.15, -0.1) is 0 Å². The highest BCUT2D eigenvalue weighted by Gasteiger charge is 2.04. The van der Waals surface area contributed by atoms with Crippen molar-refractivity contribution in [2.75, 3.05) is 0 Å². The normalized spacial score (nSPS) is 10.9. The highest BCUT2D eigenvalue weighted by atomic mass is 16.1. The summed E-state index contributed by atoms with van der Waals surface area (Å²) in [6, 6.07) is 12.1. The lowest BCUT2D eigenvalue weighted by Crippen LogP contribution is -1.90. The van der Waals surface area contributed by atoms with Gasteiger partial charge in [0.15, 0.2) is 0 Å². The number of benzene rings is 2. The fraction of sp³-hybridized carbons (Fsp3) is 0.214. The Balaban J connectivity index is 2.75. The molecule has 15 heavy (non-hydrogen) atoms. The van der Waals surface area contributed by atoms with Gasteiger partial charge in [-0.25, -0.2) is 0 Å². The van der Waals surface area contributed by atoms with Crippen LogP contribution in [-0.4, -0.2) is 6.29 Å². The van der Waals surface area contributed by atoms with Gasteiger partial charge in [-0.2, -0.15) is 0 Å². The largest absolute Gasteiger partial charge is 0.298 e. The molecule has 0 bridgehead atoms. The molecule has 0 aliphatic heterocycles. The molecule has 2 aromatic carbocycles. The van der Waals surface area contributed by atoms with Gasteiger partial charge in [0.1, 0.15) is 6.29 Å². The van der Waals surface area contributed by atoms with Crippen molar-refractivity contribution in [1.29, 1.82) is 0 Å². The van der Waals surface area contributed by atoms with Gasteiger partial charge in [-0.1, -0.05) is 44.2 Å². The molecule has 0 atom stereocenters. The monoisotopic (exact) mass is 198 g/mol. The van der Waals surface area contributed by atoms with Crippen molar-refractivity contribution in [3.8, 4) is 0 Å². The lowest BCUT2D eigenvalue weighted by molar-refractivity contribution is 0.112. The lowest BCUT2D eigenvalue weighted by atomic mass is 9.95. The summed E-state index contributed by atoms with van der Waals surface area (Å²) in [5.74, 6) is 0.482. The van der Waals surface area contributed by atoms with Gasteiger partial charge >= 0.3 is 0 Å². The van der Waals surface area contributed by atoms with Crippen molar-refractivity contribution >= 4 is 17.1 Å². The summed E-state index contributed by atoms with van der Waals surface area (Å²) in [7, 11) is 0. The van der Waals surface area contributed by atoms with Crippen LogP contribution in [0.5, 0.6) is 0 Å². The summed E-state index contributed by atoms with van der Waals surface area (Å²) in [6.45, 7) is 4.34. The zero-order valence-corrected chi connectivity index (χ0v) is 9.03. The maximum absolute atomic E-state index is 10.7. The van der Waals surface area contributed by atoms with Crippen molar-refractivity contribution in [2.24, 2.45) is 0 Å². The third kappa shape index (κ3) is 1.78. The molecular formula is C14H14O. The number of hydrogen-bond acceptors (Lipinski definition) is 1. The number of carbonyl (C=O) groups excluding carboxylic acids is 1. The molecule has 2 rings (SSSR count). The molecule has 0 N–H and O–H groups in total. The molecule has 0 amide bonds. The minimum absolute atomic E-state index is 0.482.